The lowest BCUT2D eigenvalue weighted by molar-refractivity contribution is 0.283. The molecule has 3 unspecified atom stereocenters. The molecule has 1 aliphatic heterocycles. The van der Waals surface area contributed by atoms with Gasteiger partial charge in [0.2, 0.25) is 0 Å². The number of hydrogen-bond acceptors (Lipinski definition) is 2. The van der Waals surface area contributed by atoms with E-state index in [2.05, 4.69) is 42.6 Å². The third kappa shape index (κ3) is 3.06. The van der Waals surface area contributed by atoms with Gasteiger partial charge in [0, 0.05) is 18.1 Å². The molecule has 2 heteroatoms. The second-order valence-corrected chi connectivity index (χ2v) is 4.89. The Morgan fingerprint density at radius 1 is 1.19 bits per heavy atom. The Morgan fingerprint density at radius 3 is 2.56 bits per heavy atom. The van der Waals surface area contributed by atoms with E-state index in [-0.39, 0.29) is 0 Å². The Hall–Kier alpha value is -0.860. The molecule has 1 fully saturated rings. The van der Waals surface area contributed by atoms with Crippen molar-refractivity contribution >= 4 is 0 Å². The second kappa shape index (κ2) is 5.46. The Kier molecular flexibility index (Phi) is 3.97. The topological polar surface area (TPSA) is 38.0 Å². The van der Waals surface area contributed by atoms with Crippen LogP contribution in [0, 0.1) is 0 Å². The summed E-state index contributed by atoms with van der Waals surface area (Å²) in [7, 11) is 0. The fourth-order valence-electron chi connectivity index (χ4n) is 2.62. The summed E-state index contributed by atoms with van der Waals surface area (Å²) in [5.41, 5.74) is 7.51. The van der Waals surface area contributed by atoms with Crippen LogP contribution in [0.5, 0.6) is 0 Å². The molecule has 2 rings (SSSR count). The Balaban J connectivity index is 1.94. The third-order valence-electron chi connectivity index (χ3n) is 3.46. The number of benzene rings is 1. The van der Waals surface area contributed by atoms with Gasteiger partial charge in [0.05, 0.1) is 0 Å². The van der Waals surface area contributed by atoms with Crippen LogP contribution in [0.4, 0.5) is 0 Å². The smallest absolute Gasteiger partial charge is 0.0125 e. The zero-order valence-electron chi connectivity index (χ0n) is 10.0. The van der Waals surface area contributed by atoms with Crippen LogP contribution >= 0.6 is 0 Å². The molecule has 1 aromatic carbocycles. The molecule has 2 nitrogen and oxygen atoms in total. The molecule has 1 heterocycles. The fourth-order valence-corrected chi connectivity index (χ4v) is 2.62. The zero-order chi connectivity index (χ0) is 11.4. The molecule has 16 heavy (non-hydrogen) atoms. The van der Waals surface area contributed by atoms with Crippen molar-refractivity contribution in [3.05, 3.63) is 35.9 Å². The summed E-state index contributed by atoms with van der Waals surface area (Å²) in [6.45, 7) is 2.23. The van der Waals surface area contributed by atoms with Crippen molar-refractivity contribution in [2.75, 3.05) is 0 Å². The van der Waals surface area contributed by atoms with Crippen molar-refractivity contribution in [2.24, 2.45) is 5.73 Å². The van der Waals surface area contributed by atoms with Crippen molar-refractivity contribution in [3.63, 3.8) is 0 Å². The summed E-state index contributed by atoms with van der Waals surface area (Å²) in [6, 6.07) is 12.2. The highest BCUT2D eigenvalue weighted by Crippen LogP contribution is 2.17. The van der Waals surface area contributed by atoms with E-state index >= 15 is 0 Å². The summed E-state index contributed by atoms with van der Waals surface area (Å²) in [6.07, 6.45) is 4.51. The van der Waals surface area contributed by atoms with E-state index in [9.17, 15) is 0 Å². The van der Waals surface area contributed by atoms with E-state index in [4.69, 9.17) is 5.73 Å². The van der Waals surface area contributed by atoms with E-state index in [0.717, 1.165) is 19.3 Å². The van der Waals surface area contributed by atoms with E-state index in [0.29, 0.717) is 18.1 Å². The van der Waals surface area contributed by atoms with E-state index in [1.807, 2.05) is 0 Å². The Labute approximate surface area is 98.2 Å². The van der Waals surface area contributed by atoms with Crippen LogP contribution < -0.4 is 11.1 Å². The molecule has 0 aliphatic carbocycles. The first-order valence-electron chi connectivity index (χ1n) is 6.33. The predicted octanol–water partition coefficient (Wildman–Crippen LogP) is 2.09. The van der Waals surface area contributed by atoms with Gasteiger partial charge in [0.15, 0.2) is 0 Å². The van der Waals surface area contributed by atoms with E-state index < -0.39 is 0 Å². The minimum atomic E-state index is 0.375. The molecule has 0 saturated carbocycles. The number of nitrogens with one attached hydrogen (secondary N) is 1. The number of hydrogen-bond donors (Lipinski definition) is 2. The molecule has 0 bridgehead atoms. The van der Waals surface area contributed by atoms with Gasteiger partial charge >= 0.3 is 0 Å². The first-order valence-corrected chi connectivity index (χ1v) is 6.33. The average molecular weight is 218 g/mol. The number of nitrogens with two attached hydrogens (primary N) is 1. The highest BCUT2D eigenvalue weighted by atomic mass is 15.0. The SMILES string of the molecule is CCC1CC(N)CC(Cc2ccccc2)N1. The van der Waals surface area contributed by atoms with Gasteiger partial charge in [-0.2, -0.15) is 0 Å². The summed E-state index contributed by atoms with van der Waals surface area (Å²) in [5.74, 6) is 0. The van der Waals surface area contributed by atoms with Crippen LogP contribution in [-0.2, 0) is 6.42 Å². The quantitative estimate of drug-likeness (QED) is 0.815. The summed E-state index contributed by atoms with van der Waals surface area (Å²) >= 11 is 0. The molecule has 3 atom stereocenters. The Morgan fingerprint density at radius 2 is 1.88 bits per heavy atom. The third-order valence-corrected chi connectivity index (χ3v) is 3.46. The standard InChI is InChI=1S/C14H22N2/c1-2-13-9-12(15)10-14(16-13)8-11-6-4-3-5-7-11/h3-7,12-14,16H,2,8-10,15H2,1H3. The van der Waals surface area contributed by atoms with Crippen LogP contribution in [0.1, 0.15) is 31.7 Å². The highest BCUT2D eigenvalue weighted by molar-refractivity contribution is 5.16. The monoisotopic (exact) mass is 218 g/mol. The van der Waals surface area contributed by atoms with Crippen molar-refractivity contribution in [1.29, 1.82) is 0 Å². The van der Waals surface area contributed by atoms with Crippen molar-refractivity contribution in [3.8, 4) is 0 Å². The maximum Gasteiger partial charge on any atom is 0.0125 e. The van der Waals surface area contributed by atoms with Crippen molar-refractivity contribution in [2.45, 2.75) is 50.7 Å². The fraction of sp³-hybridized carbons (Fsp3) is 0.571. The molecule has 0 spiro atoms. The molecule has 0 aromatic heterocycles. The lowest BCUT2D eigenvalue weighted by atomic mass is 9.90. The van der Waals surface area contributed by atoms with Gasteiger partial charge < -0.3 is 11.1 Å². The first kappa shape index (κ1) is 11.6. The van der Waals surface area contributed by atoms with Crippen LogP contribution in [0.3, 0.4) is 0 Å². The van der Waals surface area contributed by atoms with Gasteiger partial charge in [0.1, 0.15) is 0 Å². The number of rotatable bonds is 3. The maximum absolute atomic E-state index is 6.10. The molecular formula is C14H22N2. The molecule has 0 radical (unpaired) electrons. The van der Waals surface area contributed by atoms with E-state index in [1.165, 1.54) is 12.0 Å². The van der Waals surface area contributed by atoms with Gasteiger partial charge in [-0.25, -0.2) is 0 Å². The average Bonchev–Trinajstić information content (AvgIpc) is 2.29. The molecule has 3 N–H and O–H groups in total. The summed E-state index contributed by atoms with van der Waals surface area (Å²) < 4.78 is 0. The van der Waals surface area contributed by atoms with Gasteiger partial charge in [-0.1, -0.05) is 37.3 Å². The highest BCUT2D eigenvalue weighted by Gasteiger charge is 2.24. The molecule has 1 saturated heterocycles. The van der Waals surface area contributed by atoms with E-state index in [1.54, 1.807) is 0 Å². The van der Waals surface area contributed by atoms with Crippen LogP contribution in [-0.4, -0.2) is 18.1 Å². The molecule has 0 amide bonds. The largest absolute Gasteiger partial charge is 0.328 e. The first-order chi connectivity index (χ1) is 7.78. The van der Waals surface area contributed by atoms with Crippen LogP contribution in [0.15, 0.2) is 30.3 Å². The van der Waals surface area contributed by atoms with Crippen molar-refractivity contribution in [1.82, 2.24) is 5.32 Å². The van der Waals surface area contributed by atoms with Gasteiger partial charge in [-0.3, -0.25) is 0 Å². The second-order valence-electron chi connectivity index (χ2n) is 4.89. The minimum absolute atomic E-state index is 0.375. The molecule has 88 valence electrons. The lowest BCUT2D eigenvalue weighted by Gasteiger charge is -2.34. The minimum Gasteiger partial charge on any atom is -0.328 e. The summed E-state index contributed by atoms with van der Waals surface area (Å²) in [5, 5.41) is 3.70. The maximum atomic E-state index is 6.10. The Bertz CT molecular complexity index is 310. The van der Waals surface area contributed by atoms with Crippen LogP contribution in [0.25, 0.3) is 0 Å². The zero-order valence-corrected chi connectivity index (χ0v) is 10.0. The van der Waals surface area contributed by atoms with Gasteiger partial charge in [0.25, 0.3) is 0 Å². The molecule has 1 aliphatic rings. The van der Waals surface area contributed by atoms with Gasteiger partial charge in [-0.15, -0.1) is 0 Å². The molecule has 1 aromatic rings. The van der Waals surface area contributed by atoms with Crippen molar-refractivity contribution < 1.29 is 0 Å². The van der Waals surface area contributed by atoms with Crippen LogP contribution in [0.2, 0.25) is 0 Å². The summed E-state index contributed by atoms with van der Waals surface area (Å²) in [4.78, 5) is 0. The lowest BCUT2D eigenvalue weighted by Crippen LogP contribution is -2.50. The molecular weight excluding hydrogens is 196 g/mol. The normalized spacial score (nSPS) is 30.2. The number of piperidine rings is 1. The van der Waals surface area contributed by atoms with Gasteiger partial charge in [-0.05, 0) is 31.2 Å². The predicted molar refractivity (Wildman–Crippen MR) is 68.4 cm³/mol.